The molecule has 0 amide bonds. The lowest BCUT2D eigenvalue weighted by Crippen LogP contribution is -2.23. The van der Waals surface area contributed by atoms with Crippen molar-refractivity contribution < 1.29 is 5.11 Å². The second kappa shape index (κ2) is 8.61. The Morgan fingerprint density at radius 3 is 2.97 bits per heavy atom. The number of aromatic nitrogens is 5. The minimum Gasteiger partial charge on any atom is -0.387 e. The quantitative estimate of drug-likeness (QED) is 0.393. The first-order valence-electron chi connectivity index (χ1n) is 10.9. The summed E-state index contributed by atoms with van der Waals surface area (Å²) in [4.78, 5) is 26.7. The van der Waals surface area contributed by atoms with Crippen LogP contribution in [0.2, 0.25) is 0 Å². The summed E-state index contributed by atoms with van der Waals surface area (Å²) in [5.41, 5.74) is 4.16. The summed E-state index contributed by atoms with van der Waals surface area (Å²) in [5, 5.41) is 17.0. The Balaban J connectivity index is 1.61. The third kappa shape index (κ3) is 3.92. The van der Waals surface area contributed by atoms with Crippen LogP contribution in [0.3, 0.4) is 0 Å². The fourth-order valence-corrected chi connectivity index (χ4v) is 4.09. The number of allylic oxidation sites excluding steroid dienone is 1. The SMILES string of the molecule is C=CCn1c(=O)c2cnc(Nc3ccc4c(c3)CNCC4)nc2n1-c1cccc(C(C)O)n1. The van der Waals surface area contributed by atoms with Crippen molar-refractivity contribution in [2.45, 2.75) is 32.5 Å². The molecule has 0 radical (unpaired) electrons. The van der Waals surface area contributed by atoms with E-state index in [2.05, 4.69) is 44.3 Å². The number of aliphatic hydroxyl groups excluding tert-OH is 1. The van der Waals surface area contributed by atoms with E-state index in [4.69, 9.17) is 0 Å². The maximum absolute atomic E-state index is 13.1. The fourth-order valence-electron chi connectivity index (χ4n) is 4.09. The molecule has 0 fully saturated rings. The van der Waals surface area contributed by atoms with Crippen molar-refractivity contribution in [3.05, 3.63) is 82.4 Å². The summed E-state index contributed by atoms with van der Waals surface area (Å²) in [6.45, 7) is 7.51. The first-order chi connectivity index (χ1) is 16.0. The van der Waals surface area contributed by atoms with E-state index in [0.29, 0.717) is 28.5 Å². The molecule has 4 aromatic rings. The molecule has 0 saturated heterocycles. The summed E-state index contributed by atoms with van der Waals surface area (Å²) < 4.78 is 3.16. The molecule has 33 heavy (non-hydrogen) atoms. The highest BCUT2D eigenvalue weighted by molar-refractivity contribution is 5.77. The molecule has 0 spiro atoms. The first-order valence-corrected chi connectivity index (χ1v) is 10.9. The van der Waals surface area contributed by atoms with Crippen molar-refractivity contribution >= 4 is 22.7 Å². The first kappa shape index (κ1) is 21.0. The number of benzene rings is 1. The summed E-state index contributed by atoms with van der Waals surface area (Å²) in [6.07, 6.45) is 3.45. The van der Waals surface area contributed by atoms with Crippen LogP contribution in [0.5, 0.6) is 0 Å². The third-order valence-corrected chi connectivity index (χ3v) is 5.73. The van der Waals surface area contributed by atoms with E-state index in [1.165, 1.54) is 22.0 Å². The zero-order chi connectivity index (χ0) is 22.9. The molecule has 3 aromatic heterocycles. The Labute approximate surface area is 190 Å². The highest BCUT2D eigenvalue weighted by Gasteiger charge is 2.19. The predicted molar refractivity (Wildman–Crippen MR) is 127 cm³/mol. The highest BCUT2D eigenvalue weighted by atomic mass is 16.3. The predicted octanol–water partition coefficient (Wildman–Crippen LogP) is 2.61. The van der Waals surface area contributed by atoms with Gasteiger partial charge in [-0.15, -0.1) is 6.58 Å². The molecular formula is C24H25N7O2. The molecule has 1 aromatic carbocycles. The average molecular weight is 444 g/mol. The maximum atomic E-state index is 13.1. The monoisotopic (exact) mass is 443 g/mol. The zero-order valence-corrected chi connectivity index (χ0v) is 18.3. The molecule has 1 unspecified atom stereocenters. The molecule has 1 aliphatic heterocycles. The number of aliphatic hydroxyl groups is 1. The summed E-state index contributed by atoms with van der Waals surface area (Å²) in [7, 11) is 0. The number of fused-ring (bicyclic) bond motifs is 2. The molecule has 0 bridgehead atoms. The van der Waals surface area contributed by atoms with Crippen molar-refractivity contribution in [2.75, 3.05) is 11.9 Å². The fraction of sp³-hybridized carbons (Fsp3) is 0.250. The van der Waals surface area contributed by atoms with Gasteiger partial charge >= 0.3 is 0 Å². The van der Waals surface area contributed by atoms with Crippen LogP contribution < -0.4 is 16.2 Å². The van der Waals surface area contributed by atoms with E-state index in [9.17, 15) is 9.90 Å². The Bertz CT molecular complexity index is 1400. The largest absolute Gasteiger partial charge is 0.387 e. The molecular weight excluding hydrogens is 418 g/mol. The van der Waals surface area contributed by atoms with E-state index >= 15 is 0 Å². The molecule has 9 nitrogen and oxygen atoms in total. The number of hydrogen-bond acceptors (Lipinski definition) is 7. The van der Waals surface area contributed by atoms with Crippen LogP contribution in [-0.4, -0.2) is 36.0 Å². The van der Waals surface area contributed by atoms with Gasteiger partial charge in [0.2, 0.25) is 5.95 Å². The van der Waals surface area contributed by atoms with Crippen molar-refractivity contribution in [3.63, 3.8) is 0 Å². The topological polar surface area (TPSA) is 110 Å². The normalized spacial score (nSPS) is 14.1. The Hall–Kier alpha value is -3.82. The van der Waals surface area contributed by atoms with Crippen LogP contribution in [0.25, 0.3) is 16.9 Å². The van der Waals surface area contributed by atoms with Gasteiger partial charge < -0.3 is 15.7 Å². The summed E-state index contributed by atoms with van der Waals surface area (Å²) >= 11 is 0. The van der Waals surface area contributed by atoms with Crippen LogP contribution in [0.4, 0.5) is 11.6 Å². The van der Waals surface area contributed by atoms with E-state index in [0.717, 1.165) is 25.2 Å². The van der Waals surface area contributed by atoms with Crippen LogP contribution in [0.15, 0.2) is 60.0 Å². The van der Waals surface area contributed by atoms with Gasteiger partial charge in [0, 0.05) is 18.4 Å². The van der Waals surface area contributed by atoms with E-state index in [1.54, 1.807) is 35.9 Å². The second-order valence-electron chi connectivity index (χ2n) is 8.05. The molecule has 0 aliphatic carbocycles. The van der Waals surface area contributed by atoms with Gasteiger partial charge in [0.1, 0.15) is 5.39 Å². The van der Waals surface area contributed by atoms with E-state index in [-0.39, 0.29) is 12.1 Å². The lowest BCUT2D eigenvalue weighted by molar-refractivity contribution is 0.194. The molecule has 0 saturated carbocycles. The number of anilines is 2. The van der Waals surface area contributed by atoms with E-state index in [1.807, 2.05) is 6.07 Å². The van der Waals surface area contributed by atoms with Crippen molar-refractivity contribution in [1.82, 2.24) is 29.6 Å². The third-order valence-electron chi connectivity index (χ3n) is 5.73. The van der Waals surface area contributed by atoms with E-state index < -0.39 is 6.10 Å². The molecule has 5 rings (SSSR count). The lowest BCUT2D eigenvalue weighted by atomic mass is 10.0. The number of hydrogen-bond donors (Lipinski definition) is 3. The van der Waals surface area contributed by atoms with Crippen LogP contribution in [-0.2, 0) is 19.5 Å². The van der Waals surface area contributed by atoms with Crippen LogP contribution in [0.1, 0.15) is 29.8 Å². The number of nitrogens with one attached hydrogen (secondary N) is 2. The molecule has 9 heteroatoms. The van der Waals surface area contributed by atoms with Crippen molar-refractivity contribution in [1.29, 1.82) is 0 Å². The number of nitrogens with zero attached hydrogens (tertiary/aromatic N) is 5. The van der Waals surface area contributed by atoms with Gasteiger partial charge in [-0.2, -0.15) is 4.98 Å². The maximum Gasteiger partial charge on any atom is 0.278 e. The zero-order valence-electron chi connectivity index (χ0n) is 18.3. The molecule has 1 aliphatic rings. The van der Waals surface area contributed by atoms with Crippen LogP contribution >= 0.6 is 0 Å². The number of pyridine rings is 1. The van der Waals surface area contributed by atoms with Gasteiger partial charge in [-0.05, 0) is 55.3 Å². The Morgan fingerprint density at radius 1 is 1.27 bits per heavy atom. The molecule has 168 valence electrons. The van der Waals surface area contributed by atoms with Gasteiger partial charge in [0.15, 0.2) is 11.5 Å². The van der Waals surface area contributed by atoms with Gasteiger partial charge in [0.05, 0.1) is 18.3 Å². The van der Waals surface area contributed by atoms with Gasteiger partial charge in [-0.1, -0.05) is 18.2 Å². The summed E-state index contributed by atoms with van der Waals surface area (Å²) in [6, 6.07) is 11.5. The smallest absolute Gasteiger partial charge is 0.278 e. The minimum atomic E-state index is -0.739. The van der Waals surface area contributed by atoms with Gasteiger partial charge in [-0.3, -0.25) is 4.79 Å². The minimum absolute atomic E-state index is 0.236. The highest BCUT2D eigenvalue weighted by Crippen LogP contribution is 2.23. The van der Waals surface area contributed by atoms with Gasteiger partial charge in [0.25, 0.3) is 5.56 Å². The Morgan fingerprint density at radius 2 is 2.15 bits per heavy atom. The summed E-state index contributed by atoms with van der Waals surface area (Å²) in [5.74, 6) is 0.856. The molecule has 3 N–H and O–H groups in total. The van der Waals surface area contributed by atoms with Crippen LogP contribution in [0, 0.1) is 0 Å². The average Bonchev–Trinajstić information content (AvgIpc) is 3.10. The Kier molecular flexibility index (Phi) is 5.49. The van der Waals surface area contributed by atoms with Crippen molar-refractivity contribution in [2.24, 2.45) is 0 Å². The van der Waals surface area contributed by atoms with Gasteiger partial charge in [-0.25, -0.2) is 19.3 Å². The lowest BCUT2D eigenvalue weighted by Gasteiger charge is -2.18. The molecule has 4 heterocycles. The second-order valence-corrected chi connectivity index (χ2v) is 8.05. The van der Waals surface area contributed by atoms with Crippen molar-refractivity contribution in [3.8, 4) is 5.82 Å². The standard InChI is InChI=1S/C24H25N7O2/c1-3-11-30-23(33)19-14-26-24(27-18-8-7-16-9-10-25-13-17(16)12-18)29-22(19)31(30)21-6-4-5-20(28-21)15(2)32/h3-8,12,14-15,25,32H,1,9-11,13H2,2H3,(H,26,27,29). The molecule has 1 atom stereocenters. The number of rotatable bonds is 6.